The third-order valence-corrected chi connectivity index (χ3v) is 2.81. The molecule has 0 saturated heterocycles. The first-order valence-corrected chi connectivity index (χ1v) is 6.55. The first-order valence-electron chi connectivity index (χ1n) is 6.55. The lowest BCUT2D eigenvalue weighted by Crippen LogP contribution is -2.53. The maximum Gasteiger partial charge on any atom is 0.326 e. The van der Waals surface area contributed by atoms with E-state index in [2.05, 4.69) is 20.6 Å². The minimum atomic E-state index is -1.42. The van der Waals surface area contributed by atoms with Crippen LogP contribution in [0, 0.1) is 0 Å². The Morgan fingerprint density at radius 2 is 1.91 bits per heavy atom. The van der Waals surface area contributed by atoms with Crippen LogP contribution in [0.15, 0.2) is 12.5 Å². The van der Waals surface area contributed by atoms with Crippen molar-refractivity contribution in [2.24, 2.45) is 5.73 Å². The third-order valence-electron chi connectivity index (χ3n) is 2.81. The van der Waals surface area contributed by atoms with E-state index in [4.69, 9.17) is 15.9 Å². The van der Waals surface area contributed by atoms with Crippen LogP contribution in [0.25, 0.3) is 0 Å². The summed E-state index contributed by atoms with van der Waals surface area (Å²) in [7, 11) is 0. The Morgan fingerprint density at radius 1 is 1.22 bits per heavy atom. The van der Waals surface area contributed by atoms with Crippen molar-refractivity contribution in [3.05, 3.63) is 18.2 Å². The smallest absolute Gasteiger partial charge is 0.326 e. The van der Waals surface area contributed by atoms with Gasteiger partial charge < -0.3 is 31.6 Å². The van der Waals surface area contributed by atoms with Gasteiger partial charge in [-0.25, -0.2) is 9.78 Å². The lowest BCUT2D eigenvalue weighted by atomic mass is 10.1. The van der Waals surface area contributed by atoms with Gasteiger partial charge in [0.15, 0.2) is 0 Å². The molecule has 0 radical (unpaired) electrons. The van der Waals surface area contributed by atoms with Gasteiger partial charge in [0, 0.05) is 18.3 Å². The molecule has 0 aliphatic carbocycles. The van der Waals surface area contributed by atoms with Gasteiger partial charge in [-0.05, 0) is 0 Å². The van der Waals surface area contributed by atoms with Gasteiger partial charge in [0.25, 0.3) is 0 Å². The molecule has 2 amide bonds. The van der Waals surface area contributed by atoms with E-state index in [0.29, 0.717) is 5.69 Å². The summed E-state index contributed by atoms with van der Waals surface area (Å²) in [5.41, 5.74) is 5.57. The molecule has 126 valence electrons. The fraction of sp³-hybridized carbons (Fsp3) is 0.417. The number of H-pyrrole nitrogens is 1. The first-order chi connectivity index (χ1) is 10.8. The zero-order valence-electron chi connectivity index (χ0n) is 12.0. The number of aromatic nitrogens is 2. The average Bonchev–Trinajstić information content (AvgIpc) is 2.97. The van der Waals surface area contributed by atoms with E-state index in [1.807, 2.05) is 0 Å². The molecule has 23 heavy (non-hydrogen) atoms. The maximum absolute atomic E-state index is 12.1. The maximum atomic E-state index is 12.1. The minimum absolute atomic E-state index is 0.0777. The molecule has 0 saturated carbocycles. The molecule has 1 aromatic heterocycles. The van der Waals surface area contributed by atoms with Crippen molar-refractivity contribution in [1.29, 1.82) is 0 Å². The van der Waals surface area contributed by atoms with Crippen molar-refractivity contribution in [3.8, 4) is 0 Å². The normalized spacial score (nSPS) is 12.9. The minimum Gasteiger partial charge on any atom is -0.481 e. The van der Waals surface area contributed by atoms with E-state index in [9.17, 15) is 19.2 Å². The van der Waals surface area contributed by atoms with Crippen molar-refractivity contribution in [2.45, 2.75) is 24.9 Å². The summed E-state index contributed by atoms with van der Waals surface area (Å²) in [5.74, 6) is -4.30. The van der Waals surface area contributed by atoms with E-state index < -0.39 is 48.8 Å². The highest BCUT2D eigenvalue weighted by Crippen LogP contribution is 2.01. The molecule has 1 aromatic rings. The van der Waals surface area contributed by atoms with E-state index in [1.165, 1.54) is 12.5 Å². The molecule has 0 fully saturated rings. The van der Waals surface area contributed by atoms with E-state index in [0.717, 1.165) is 0 Å². The Bertz CT molecular complexity index is 573. The lowest BCUT2D eigenvalue weighted by molar-refractivity contribution is -0.143. The van der Waals surface area contributed by atoms with Gasteiger partial charge in [0.1, 0.15) is 12.1 Å². The molecule has 0 bridgehead atoms. The fourth-order valence-corrected chi connectivity index (χ4v) is 1.73. The number of imidazole rings is 1. The quantitative estimate of drug-likeness (QED) is 0.285. The summed E-state index contributed by atoms with van der Waals surface area (Å²) in [5, 5.41) is 22.2. The van der Waals surface area contributed by atoms with Crippen LogP contribution in [0.5, 0.6) is 0 Å². The highest BCUT2D eigenvalue weighted by molar-refractivity contribution is 5.93. The fourth-order valence-electron chi connectivity index (χ4n) is 1.73. The van der Waals surface area contributed by atoms with Gasteiger partial charge in [-0.3, -0.25) is 14.4 Å². The third kappa shape index (κ3) is 6.13. The summed E-state index contributed by atoms with van der Waals surface area (Å²) in [6, 6.07) is -2.74. The molecule has 0 aromatic carbocycles. The van der Waals surface area contributed by atoms with Crippen LogP contribution in [-0.2, 0) is 25.6 Å². The van der Waals surface area contributed by atoms with Gasteiger partial charge in [0.05, 0.1) is 19.3 Å². The number of carboxylic acid groups (broad SMARTS) is 2. The molecule has 0 aliphatic rings. The molecule has 0 spiro atoms. The number of nitrogens with zero attached hydrogens (tertiary/aromatic N) is 1. The Kier molecular flexibility index (Phi) is 6.68. The number of hydrogen-bond donors (Lipinski definition) is 6. The molecule has 11 nitrogen and oxygen atoms in total. The largest absolute Gasteiger partial charge is 0.481 e. The highest BCUT2D eigenvalue weighted by Gasteiger charge is 2.28. The summed E-state index contributed by atoms with van der Waals surface area (Å²) in [6.45, 7) is -0.431. The van der Waals surface area contributed by atoms with E-state index in [1.54, 1.807) is 0 Å². The molecular formula is C12H17N5O6. The van der Waals surface area contributed by atoms with Crippen molar-refractivity contribution in [1.82, 2.24) is 20.6 Å². The van der Waals surface area contributed by atoms with Crippen LogP contribution in [0.1, 0.15) is 12.1 Å². The highest BCUT2D eigenvalue weighted by atomic mass is 16.4. The second-order valence-corrected chi connectivity index (χ2v) is 4.60. The van der Waals surface area contributed by atoms with E-state index >= 15 is 0 Å². The second kappa shape index (κ2) is 8.48. The van der Waals surface area contributed by atoms with Crippen LogP contribution in [0.3, 0.4) is 0 Å². The second-order valence-electron chi connectivity index (χ2n) is 4.60. The van der Waals surface area contributed by atoms with Gasteiger partial charge in [-0.1, -0.05) is 0 Å². The number of nitrogens with one attached hydrogen (secondary N) is 3. The van der Waals surface area contributed by atoms with Crippen molar-refractivity contribution >= 4 is 23.8 Å². The monoisotopic (exact) mass is 327 g/mol. The van der Waals surface area contributed by atoms with E-state index in [-0.39, 0.29) is 6.42 Å². The Balaban J connectivity index is 2.77. The molecule has 1 rings (SSSR count). The Hall–Kier alpha value is -2.95. The van der Waals surface area contributed by atoms with Gasteiger partial charge in [0.2, 0.25) is 11.8 Å². The summed E-state index contributed by atoms with van der Waals surface area (Å²) < 4.78 is 0. The molecule has 0 aliphatic heterocycles. The topological polar surface area (TPSA) is 188 Å². The van der Waals surface area contributed by atoms with Gasteiger partial charge >= 0.3 is 11.9 Å². The zero-order valence-corrected chi connectivity index (χ0v) is 12.0. The molecular weight excluding hydrogens is 310 g/mol. The van der Waals surface area contributed by atoms with Crippen LogP contribution in [0.4, 0.5) is 0 Å². The number of carboxylic acids is 2. The van der Waals surface area contributed by atoms with Crippen LogP contribution >= 0.6 is 0 Å². The van der Waals surface area contributed by atoms with Crippen molar-refractivity contribution < 1.29 is 29.4 Å². The molecule has 2 atom stereocenters. The Labute approximate surface area is 130 Å². The van der Waals surface area contributed by atoms with Gasteiger partial charge in [-0.15, -0.1) is 0 Å². The Morgan fingerprint density at radius 3 is 2.39 bits per heavy atom. The SMILES string of the molecule is NCC(=O)N[C@@H](CC(=O)O)C(=O)N[C@@H](Cc1cnc[nH]1)C(=O)O. The number of hydrogen-bond acceptors (Lipinski definition) is 6. The number of aromatic amines is 1. The van der Waals surface area contributed by atoms with Crippen LogP contribution in [-0.4, -0.2) is 62.6 Å². The number of nitrogens with two attached hydrogens (primary N) is 1. The van der Waals surface area contributed by atoms with Crippen LogP contribution in [0.2, 0.25) is 0 Å². The molecule has 0 unspecified atom stereocenters. The predicted molar refractivity (Wildman–Crippen MR) is 75.1 cm³/mol. The van der Waals surface area contributed by atoms with Crippen LogP contribution < -0.4 is 16.4 Å². The number of carbonyl (C=O) groups excluding carboxylic acids is 2. The molecule has 11 heteroatoms. The standard InChI is InChI=1S/C12H17N5O6/c13-3-9(18)16-7(2-10(19)20)11(21)17-8(12(22)23)1-6-4-14-5-15-6/h4-5,7-8H,1-3,13H2,(H,14,15)(H,16,18)(H,17,21)(H,19,20)(H,22,23)/t7-,8-/m0/s1. The predicted octanol–water partition coefficient (Wildman–Crippen LogP) is -2.56. The van der Waals surface area contributed by atoms with Crippen molar-refractivity contribution in [2.75, 3.05) is 6.54 Å². The number of carbonyl (C=O) groups is 4. The average molecular weight is 327 g/mol. The summed E-state index contributed by atoms with van der Waals surface area (Å²) in [4.78, 5) is 51.7. The first kappa shape index (κ1) is 18.1. The molecule has 7 N–H and O–H groups in total. The van der Waals surface area contributed by atoms with Gasteiger partial charge in [-0.2, -0.15) is 0 Å². The number of rotatable bonds is 9. The summed E-state index contributed by atoms with van der Waals surface area (Å²) in [6.07, 6.45) is 1.97. The van der Waals surface area contributed by atoms with Crippen molar-refractivity contribution in [3.63, 3.8) is 0 Å². The summed E-state index contributed by atoms with van der Waals surface area (Å²) >= 11 is 0. The number of amides is 2. The number of aliphatic carboxylic acids is 2. The lowest BCUT2D eigenvalue weighted by Gasteiger charge is -2.19. The zero-order chi connectivity index (χ0) is 17.4. The molecule has 1 heterocycles.